The molecular weight excluding hydrogens is 472 g/mol. The zero-order valence-corrected chi connectivity index (χ0v) is 17.8. The number of phenols is 1. The van der Waals surface area contributed by atoms with Crippen molar-refractivity contribution >= 4 is 55.0 Å². The Bertz CT molecular complexity index is 1010. The molecule has 1 aliphatic rings. The van der Waals surface area contributed by atoms with E-state index in [1.165, 1.54) is 16.4 Å². The molecule has 4 N–H and O–H groups in total. The van der Waals surface area contributed by atoms with Gasteiger partial charge in [0.15, 0.2) is 5.75 Å². The van der Waals surface area contributed by atoms with Crippen molar-refractivity contribution in [1.82, 2.24) is 9.62 Å². The largest absolute Gasteiger partial charge is 0.504 e. The van der Waals surface area contributed by atoms with Gasteiger partial charge in [-0.3, -0.25) is 4.90 Å². The van der Waals surface area contributed by atoms with Crippen molar-refractivity contribution in [3.8, 4) is 5.75 Å². The average Bonchev–Trinajstić information content (AvgIpc) is 2.65. The smallest absolute Gasteiger partial charge is 0.324 e. The summed E-state index contributed by atoms with van der Waals surface area (Å²) in [6.07, 6.45) is 0. The Morgan fingerprint density at radius 1 is 1.18 bits per heavy atom. The summed E-state index contributed by atoms with van der Waals surface area (Å²) in [5, 5.41) is 13.8. The summed E-state index contributed by atoms with van der Waals surface area (Å²) in [5.41, 5.74) is 5.79. The van der Waals surface area contributed by atoms with Gasteiger partial charge in [-0.05, 0) is 40.2 Å². The van der Waals surface area contributed by atoms with Crippen LogP contribution in [0.2, 0.25) is 5.02 Å². The third-order valence-electron chi connectivity index (χ3n) is 4.29. The molecule has 2 amide bonds. The van der Waals surface area contributed by atoms with Gasteiger partial charge >= 0.3 is 6.03 Å². The quantitative estimate of drug-likeness (QED) is 0.610. The highest BCUT2D eigenvalue weighted by Gasteiger charge is 2.34. The molecule has 0 radical (unpaired) electrons. The molecular formula is C17H18BrClN4O4S. The number of piperazine rings is 1. The highest BCUT2D eigenvalue weighted by atomic mass is 79.9. The maximum atomic E-state index is 13.1. The lowest BCUT2D eigenvalue weighted by Crippen LogP contribution is -2.46. The molecule has 0 spiro atoms. The molecule has 2 aromatic carbocycles. The molecule has 1 heterocycles. The highest BCUT2D eigenvalue weighted by Crippen LogP contribution is 2.43. The van der Waals surface area contributed by atoms with Crippen molar-refractivity contribution in [2.75, 3.05) is 31.1 Å². The third kappa shape index (κ3) is 3.83. The lowest BCUT2D eigenvalue weighted by Gasteiger charge is -2.28. The van der Waals surface area contributed by atoms with Crippen molar-refractivity contribution in [2.24, 2.45) is 5.73 Å². The first-order valence-electron chi connectivity index (χ1n) is 8.31. The zero-order valence-electron chi connectivity index (χ0n) is 14.6. The molecule has 0 unspecified atom stereocenters. The summed E-state index contributed by atoms with van der Waals surface area (Å²) in [6, 6.07) is 8.49. The summed E-state index contributed by atoms with van der Waals surface area (Å²) in [7, 11) is -4.08. The average molecular weight is 490 g/mol. The normalized spacial score (nSPS) is 15.4. The lowest BCUT2D eigenvalue weighted by atomic mass is 10.2. The fourth-order valence-electron chi connectivity index (χ4n) is 2.98. The number of urea groups is 1. The van der Waals surface area contributed by atoms with Crippen LogP contribution in [0.4, 0.5) is 16.2 Å². The van der Waals surface area contributed by atoms with Gasteiger partial charge in [-0.2, -0.15) is 4.31 Å². The molecule has 1 saturated heterocycles. The van der Waals surface area contributed by atoms with Crippen LogP contribution in [0.1, 0.15) is 0 Å². The van der Waals surface area contributed by atoms with E-state index in [1.54, 1.807) is 24.3 Å². The van der Waals surface area contributed by atoms with Gasteiger partial charge in [-0.15, -0.1) is 0 Å². The molecule has 1 fully saturated rings. The Morgan fingerprint density at radius 3 is 2.43 bits per heavy atom. The summed E-state index contributed by atoms with van der Waals surface area (Å²) in [6.45, 7) is 1.46. The Morgan fingerprint density at radius 2 is 1.82 bits per heavy atom. The van der Waals surface area contributed by atoms with Gasteiger partial charge < -0.3 is 16.2 Å². The second-order valence-electron chi connectivity index (χ2n) is 6.02. The van der Waals surface area contributed by atoms with Crippen molar-refractivity contribution in [2.45, 2.75) is 4.90 Å². The van der Waals surface area contributed by atoms with Gasteiger partial charge in [0.2, 0.25) is 10.0 Å². The molecule has 150 valence electrons. The number of halogens is 2. The van der Waals surface area contributed by atoms with Crippen molar-refractivity contribution in [1.29, 1.82) is 0 Å². The highest BCUT2D eigenvalue weighted by molar-refractivity contribution is 9.10. The predicted octanol–water partition coefficient (Wildman–Crippen LogP) is 2.62. The Kier molecular flexibility index (Phi) is 6.15. The fraction of sp³-hybridized carbons (Fsp3) is 0.235. The van der Waals surface area contributed by atoms with Gasteiger partial charge in [0.1, 0.15) is 4.90 Å². The molecule has 0 saturated carbocycles. The number of nitrogens with one attached hydrogen (secondary N) is 1. The summed E-state index contributed by atoms with van der Waals surface area (Å²) in [4.78, 5) is 12.7. The number of hydrogen-bond acceptors (Lipinski definition) is 5. The number of carbonyl (C=O) groups is 1. The van der Waals surface area contributed by atoms with Crippen molar-refractivity contribution < 1.29 is 18.3 Å². The number of aromatic hydroxyl groups is 1. The standard InChI is InChI=1S/C17H18BrClN4O4S/c18-11-3-1-2-4-13(11)23(17(20)25)14-6-5-12(19)16(15(14)24)28(26,27)22-9-7-21-8-10-22/h1-6,21,24H,7-10H2,(H2,20,25). The SMILES string of the molecule is NC(=O)N(c1ccccc1Br)c1ccc(Cl)c(S(=O)(=O)N2CCNCC2)c1O. The molecule has 11 heteroatoms. The van der Waals surface area contributed by atoms with Crippen LogP contribution >= 0.6 is 27.5 Å². The third-order valence-corrected chi connectivity index (χ3v) is 7.36. The van der Waals surface area contributed by atoms with Gasteiger partial charge in [-0.1, -0.05) is 23.7 Å². The predicted molar refractivity (Wildman–Crippen MR) is 111 cm³/mol. The Hall–Kier alpha value is -1.85. The molecule has 8 nitrogen and oxygen atoms in total. The van der Waals surface area contributed by atoms with Crippen LogP contribution in [-0.2, 0) is 10.0 Å². The van der Waals surface area contributed by atoms with Gasteiger partial charge in [-0.25, -0.2) is 13.2 Å². The van der Waals surface area contributed by atoms with E-state index >= 15 is 0 Å². The Balaban J connectivity index is 2.17. The number of carbonyl (C=O) groups excluding carboxylic acids is 1. The number of para-hydroxylation sites is 1. The van der Waals surface area contributed by atoms with Crippen LogP contribution in [0.25, 0.3) is 0 Å². The van der Waals surface area contributed by atoms with Crippen LogP contribution in [0, 0.1) is 0 Å². The first kappa shape index (κ1) is 20.9. The number of rotatable bonds is 4. The van der Waals surface area contributed by atoms with E-state index in [1.807, 2.05) is 0 Å². The van der Waals surface area contributed by atoms with Crippen LogP contribution in [0.3, 0.4) is 0 Å². The molecule has 1 aliphatic heterocycles. The minimum Gasteiger partial charge on any atom is -0.504 e. The van der Waals surface area contributed by atoms with E-state index in [2.05, 4.69) is 21.2 Å². The van der Waals surface area contributed by atoms with E-state index in [-0.39, 0.29) is 23.8 Å². The van der Waals surface area contributed by atoms with E-state index in [0.29, 0.717) is 23.2 Å². The van der Waals surface area contributed by atoms with Crippen LogP contribution in [0.15, 0.2) is 45.8 Å². The van der Waals surface area contributed by atoms with Gasteiger partial charge in [0.25, 0.3) is 0 Å². The van der Waals surface area contributed by atoms with Gasteiger partial charge in [0, 0.05) is 30.7 Å². The number of benzene rings is 2. The first-order chi connectivity index (χ1) is 13.2. The van der Waals surface area contributed by atoms with Crippen LogP contribution < -0.4 is 16.0 Å². The van der Waals surface area contributed by atoms with E-state index < -0.39 is 26.7 Å². The summed E-state index contributed by atoms with van der Waals surface area (Å²) < 4.78 is 27.9. The molecule has 0 aromatic heterocycles. The zero-order chi connectivity index (χ0) is 20.5. The molecule has 3 rings (SSSR count). The number of amides is 2. The molecule has 2 aromatic rings. The van der Waals surface area contributed by atoms with Crippen LogP contribution in [-0.4, -0.2) is 50.0 Å². The minimum absolute atomic E-state index is 0.0856. The second kappa shape index (κ2) is 8.26. The second-order valence-corrected chi connectivity index (χ2v) is 9.16. The Labute approximate surface area is 176 Å². The fourth-order valence-corrected chi connectivity index (χ4v) is 5.47. The van der Waals surface area contributed by atoms with Crippen LogP contribution in [0.5, 0.6) is 5.75 Å². The number of hydrogen-bond donors (Lipinski definition) is 3. The number of phenolic OH excluding ortho intramolecular Hbond substituents is 1. The molecule has 0 bridgehead atoms. The van der Waals surface area contributed by atoms with Crippen molar-refractivity contribution in [3.63, 3.8) is 0 Å². The minimum atomic E-state index is -4.08. The number of primary amides is 1. The number of nitrogens with zero attached hydrogens (tertiary/aromatic N) is 2. The maximum absolute atomic E-state index is 13.1. The van der Waals surface area contributed by atoms with E-state index in [0.717, 1.165) is 4.90 Å². The van der Waals surface area contributed by atoms with E-state index in [4.69, 9.17) is 17.3 Å². The molecule has 28 heavy (non-hydrogen) atoms. The summed E-state index contributed by atoms with van der Waals surface area (Å²) >= 11 is 9.47. The van der Waals surface area contributed by atoms with Gasteiger partial charge in [0.05, 0.1) is 16.4 Å². The molecule has 0 atom stereocenters. The number of anilines is 2. The lowest BCUT2D eigenvalue weighted by molar-refractivity contribution is 0.256. The number of sulfonamides is 1. The first-order valence-corrected chi connectivity index (χ1v) is 10.9. The topological polar surface area (TPSA) is 116 Å². The maximum Gasteiger partial charge on any atom is 0.324 e. The number of nitrogens with two attached hydrogens (primary N) is 1. The monoisotopic (exact) mass is 488 g/mol. The molecule has 0 aliphatic carbocycles. The summed E-state index contributed by atoms with van der Waals surface area (Å²) in [5.74, 6) is -0.638. The van der Waals surface area contributed by atoms with Crippen molar-refractivity contribution in [3.05, 3.63) is 45.9 Å². The van der Waals surface area contributed by atoms with E-state index in [9.17, 15) is 18.3 Å².